The Bertz CT molecular complexity index is 585. The summed E-state index contributed by atoms with van der Waals surface area (Å²) in [7, 11) is 0. The third-order valence-corrected chi connectivity index (χ3v) is 4.85. The Hall–Kier alpha value is -0.550. The zero-order chi connectivity index (χ0) is 14.5. The van der Waals surface area contributed by atoms with Crippen LogP contribution in [0.1, 0.15) is 22.2 Å². The van der Waals surface area contributed by atoms with Crippen LogP contribution in [0.4, 0.5) is 0 Å². The highest BCUT2D eigenvalue weighted by Crippen LogP contribution is 2.30. The van der Waals surface area contributed by atoms with Gasteiger partial charge in [0.2, 0.25) is 0 Å². The number of nitrogens with one attached hydrogen (secondary N) is 1. The minimum absolute atomic E-state index is 0.578. The molecule has 2 rings (SSSR count). The van der Waals surface area contributed by atoms with Crippen molar-refractivity contribution in [2.75, 3.05) is 6.54 Å². The third kappa shape index (κ3) is 4.22. The third-order valence-electron chi connectivity index (χ3n) is 2.90. The molecule has 0 unspecified atom stereocenters. The molecule has 0 saturated heterocycles. The van der Waals surface area contributed by atoms with Crippen LogP contribution in [0, 0.1) is 6.92 Å². The summed E-state index contributed by atoms with van der Waals surface area (Å²) in [6.07, 6.45) is 0. The van der Waals surface area contributed by atoms with Gasteiger partial charge in [-0.15, -0.1) is 11.3 Å². The first-order chi connectivity index (χ1) is 9.60. The van der Waals surface area contributed by atoms with Crippen molar-refractivity contribution in [2.24, 2.45) is 0 Å². The summed E-state index contributed by atoms with van der Waals surface area (Å²) in [5, 5.41) is 4.04. The van der Waals surface area contributed by atoms with Crippen LogP contribution in [0.5, 0.6) is 5.75 Å². The van der Waals surface area contributed by atoms with Gasteiger partial charge in [0.15, 0.2) is 0 Å². The van der Waals surface area contributed by atoms with Crippen LogP contribution in [0.15, 0.2) is 28.7 Å². The number of thiophene rings is 1. The molecule has 0 aliphatic rings. The molecule has 0 spiro atoms. The first kappa shape index (κ1) is 15.8. The normalized spacial score (nSPS) is 10.8. The van der Waals surface area contributed by atoms with E-state index in [-0.39, 0.29) is 0 Å². The second-order valence-corrected chi connectivity index (χ2v) is 7.07. The van der Waals surface area contributed by atoms with Gasteiger partial charge in [-0.05, 0) is 53.7 Å². The van der Waals surface area contributed by atoms with E-state index in [1.54, 1.807) is 0 Å². The van der Waals surface area contributed by atoms with Crippen LogP contribution < -0.4 is 10.1 Å². The average molecular weight is 375 g/mol. The Morgan fingerprint density at radius 2 is 2.15 bits per heavy atom. The highest BCUT2D eigenvalue weighted by atomic mass is 79.9. The maximum Gasteiger partial charge on any atom is 0.134 e. The van der Waals surface area contributed by atoms with E-state index in [0.717, 1.165) is 23.3 Å². The Balaban J connectivity index is 2.01. The van der Waals surface area contributed by atoms with Crippen LogP contribution in [-0.4, -0.2) is 6.54 Å². The van der Waals surface area contributed by atoms with Gasteiger partial charge < -0.3 is 10.1 Å². The maximum absolute atomic E-state index is 5.92. The number of benzene rings is 1. The second kappa shape index (κ2) is 7.46. The first-order valence-corrected chi connectivity index (χ1v) is 8.45. The molecule has 0 radical (unpaired) electrons. The lowest BCUT2D eigenvalue weighted by Gasteiger charge is -2.08. The highest BCUT2D eigenvalue weighted by molar-refractivity contribution is 9.10. The monoisotopic (exact) mass is 373 g/mol. The maximum atomic E-state index is 5.92. The molecular weight excluding hydrogens is 358 g/mol. The molecule has 0 atom stereocenters. The van der Waals surface area contributed by atoms with Crippen molar-refractivity contribution in [2.45, 2.75) is 27.0 Å². The number of aryl methyl sites for hydroxylation is 1. The standard InChI is InChI=1S/C15H17BrClNOS/c1-3-18-8-13-6-11(10(2)20-13)9-19-15-5-4-12(17)7-14(15)16/h4-7,18H,3,8-9H2,1-2H3. The summed E-state index contributed by atoms with van der Waals surface area (Å²) in [5.41, 5.74) is 1.24. The molecule has 1 aromatic carbocycles. The lowest BCUT2D eigenvalue weighted by molar-refractivity contribution is 0.304. The van der Waals surface area contributed by atoms with Gasteiger partial charge in [0, 0.05) is 26.9 Å². The van der Waals surface area contributed by atoms with E-state index in [9.17, 15) is 0 Å². The van der Waals surface area contributed by atoms with Gasteiger partial charge in [0.05, 0.1) is 4.47 Å². The van der Waals surface area contributed by atoms with E-state index >= 15 is 0 Å². The lowest BCUT2D eigenvalue weighted by atomic mass is 10.2. The highest BCUT2D eigenvalue weighted by Gasteiger charge is 2.08. The molecule has 0 fully saturated rings. The number of hydrogen-bond donors (Lipinski definition) is 1. The SMILES string of the molecule is CCNCc1cc(COc2ccc(Cl)cc2Br)c(C)s1. The molecule has 0 bridgehead atoms. The van der Waals surface area contributed by atoms with Gasteiger partial charge in [-0.3, -0.25) is 0 Å². The molecule has 0 aliphatic heterocycles. The van der Waals surface area contributed by atoms with E-state index in [1.165, 1.54) is 15.3 Å². The Kier molecular flexibility index (Phi) is 5.90. The van der Waals surface area contributed by atoms with Gasteiger partial charge in [-0.25, -0.2) is 0 Å². The molecule has 108 valence electrons. The molecule has 2 aromatic rings. The number of rotatable bonds is 6. The Labute approximate surface area is 137 Å². The molecule has 2 nitrogen and oxygen atoms in total. The van der Waals surface area contributed by atoms with Gasteiger partial charge in [-0.2, -0.15) is 0 Å². The van der Waals surface area contributed by atoms with Crippen LogP contribution in [-0.2, 0) is 13.2 Å². The first-order valence-electron chi connectivity index (χ1n) is 6.47. The minimum Gasteiger partial charge on any atom is -0.488 e. The molecule has 1 N–H and O–H groups in total. The summed E-state index contributed by atoms with van der Waals surface area (Å²) in [6, 6.07) is 7.77. The van der Waals surface area contributed by atoms with Crippen LogP contribution in [0.25, 0.3) is 0 Å². The van der Waals surface area contributed by atoms with Gasteiger partial charge in [0.1, 0.15) is 12.4 Å². The summed E-state index contributed by atoms with van der Waals surface area (Å²) in [6.45, 7) is 6.74. The predicted molar refractivity (Wildman–Crippen MR) is 89.9 cm³/mol. The van der Waals surface area contributed by atoms with Crippen LogP contribution >= 0.6 is 38.9 Å². The molecule has 0 saturated carbocycles. The van der Waals surface area contributed by atoms with Crippen molar-refractivity contribution >= 4 is 38.9 Å². The van der Waals surface area contributed by atoms with Crippen LogP contribution in [0.2, 0.25) is 5.02 Å². The van der Waals surface area contributed by atoms with Crippen LogP contribution in [0.3, 0.4) is 0 Å². The zero-order valence-electron chi connectivity index (χ0n) is 11.5. The van der Waals surface area contributed by atoms with Crippen molar-refractivity contribution in [3.05, 3.63) is 49.1 Å². The minimum atomic E-state index is 0.578. The van der Waals surface area contributed by atoms with E-state index in [1.807, 2.05) is 29.5 Å². The van der Waals surface area contributed by atoms with Crippen molar-refractivity contribution < 1.29 is 4.74 Å². The zero-order valence-corrected chi connectivity index (χ0v) is 14.7. The fraction of sp³-hybridized carbons (Fsp3) is 0.333. The average Bonchev–Trinajstić information content (AvgIpc) is 2.76. The van der Waals surface area contributed by atoms with Gasteiger partial charge in [-0.1, -0.05) is 18.5 Å². The Morgan fingerprint density at radius 1 is 1.35 bits per heavy atom. The largest absolute Gasteiger partial charge is 0.488 e. The summed E-state index contributed by atoms with van der Waals surface area (Å²) in [4.78, 5) is 2.65. The van der Waals surface area contributed by atoms with Gasteiger partial charge >= 0.3 is 0 Å². The summed E-state index contributed by atoms with van der Waals surface area (Å²) in [5.74, 6) is 0.813. The Morgan fingerprint density at radius 3 is 2.85 bits per heavy atom. The van der Waals surface area contributed by atoms with E-state index in [2.05, 4.69) is 41.2 Å². The molecule has 0 amide bonds. The van der Waals surface area contributed by atoms with E-state index in [4.69, 9.17) is 16.3 Å². The topological polar surface area (TPSA) is 21.3 Å². The molecule has 20 heavy (non-hydrogen) atoms. The quantitative estimate of drug-likeness (QED) is 0.754. The molecule has 0 aliphatic carbocycles. The molecule has 1 heterocycles. The fourth-order valence-corrected chi connectivity index (χ4v) is 3.63. The summed E-state index contributed by atoms with van der Waals surface area (Å²) >= 11 is 11.2. The van der Waals surface area contributed by atoms with E-state index < -0.39 is 0 Å². The smallest absolute Gasteiger partial charge is 0.134 e. The number of hydrogen-bond acceptors (Lipinski definition) is 3. The predicted octanol–water partition coefficient (Wildman–Crippen LogP) is 5.16. The molecular formula is C15H17BrClNOS. The molecule has 5 heteroatoms. The fourth-order valence-electron chi connectivity index (χ4n) is 1.81. The number of ether oxygens (including phenoxy) is 1. The van der Waals surface area contributed by atoms with Crippen molar-refractivity contribution in [3.8, 4) is 5.75 Å². The summed E-state index contributed by atoms with van der Waals surface area (Å²) < 4.78 is 6.74. The van der Waals surface area contributed by atoms with Crippen molar-refractivity contribution in [1.82, 2.24) is 5.32 Å². The lowest BCUT2D eigenvalue weighted by Crippen LogP contribution is -2.10. The van der Waals surface area contributed by atoms with Gasteiger partial charge in [0.25, 0.3) is 0 Å². The van der Waals surface area contributed by atoms with Crippen molar-refractivity contribution in [3.63, 3.8) is 0 Å². The molecule has 1 aromatic heterocycles. The number of halogens is 2. The van der Waals surface area contributed by atoms with Crippen molar-refractivity contribution in [1.29, 1.82) is 0 Å². The second-order valence-electron chi connectivity index (χ2n) is 4.44. The van der Waals surface area contributed by atoms with E-state index in [0.29, 0.717) is 11.6 Å².